The topological polar surface area (TPSA) is 50.6 Å². The van der Waals surface area contributed by atoms with Gasteiger partial charge >= 0.3 is 0 Å². The highest BCUT2D eigenvalue weighted by Crippen LogP contribution is 2.20. The van der Waals surface area contributed by atoms with Gasteiger partial charge in [0, 0.05) is 37.3 Å². The van der Waals surface area contributed by atoms with Crippen molar-refractivity contribution in [1.29, 1.82) is 0 Å². The zero-order valence-corrected chi connectivity index (χ0v) is 15.9. The van der Waals surface area contributed by atoms with Crippen LogP contribution in [0.25, 0.3) is 0 Å². The van der Waals surface area contributed by atoms with Crippen LogP contribution in [-0.4, -0.2) is 58.8 Å². The number of benzene rings is 1. The summed E-state index contributed by atoms with van der Waals surface area (Å²) < 4.78 is 7.25. The second kappa shape index (κ2) is 8.36. The van der Waals surface area contributed by atoms with Crippen molar-refractivity contribution in [2.45, 2.75) is 26.9 Å². The van der Waals surface area contributed by atoms with Crippen LogP contribution in [0.2, 0.25) is 0 Å². The fourth-order valence-electron chi connectivity index (χ4n) is 3.57. The van der Waals surface area contributed by atoms with Crippen molar-refractivity contribution >= 4 is 5.91 Å². The number of aromatic nitrogens is 2. The van der Waals surface area contributed by atoms with E-state index in [0.717, 1.165) is 44.2 Å². The van der Waals surface area contributed by atoms with Crippen LogP contribution >= 0.6 is 0 Å². The second-order valence-corrected chi connectivity index (χ2v) is 6.77. The Hall–Kier alpha value is -2.34. The average Bonchev–Trinajstić information content (AvgIpc) is 3.03. The highest BCUT2D eigenvalue weighted by Gasteiger charge is 2.27. The highest BCUT2D eigenvalue weighted by atomic mass is 16.5. The van der Waals surface area contributed by atoms with Gasteiger partial charge in [-0.25, -0.2) is 0 Å². The lowest BCUT2D eigenvalue weighted by Gasteiger charge is -2.28. The van der Waals surface area contributed by atoms with E-state index in [1.165, 1.54) is 0 Å². The molecule has 0 radical (unpaired) electrons. The van der Waals surface area contributed by atoms with E-state index in [2.05, 4.69) is 28.5 Å². The van der Waals surface area contributed by atoms with Gasteiger partial charge in [-0.15, -0.1) is 0 Å². The van der Waals surface area contributed by atoms with Crippen LogP contribution in [0.3, 0.4) is 0 Å². The summed E-state index contributed by atoms with van der Waals surface area (Å²) in [6.45, 7) is 9.56. The third-order valence-corrected chi connectivity index (χ3v) is 5.10. The molecule has 0 spiro atoms. The van der Waals surface area contributed by atoms with E-state index < -0.39 is 0 Å². The lowest BCUT2D eigenvalue weighted by Crippen LogP contribution is -2.39. The largest absolute Gasteiger partial charge is 0.497 e. The van der Waals surface area contributed by atoms with Crippen LogP contribution in [0, 0.1) is 5.92 Å². The van der Waals surface area contributed by atoms with Crippen molar-refractivity contribution in [3.63, 3.8) is 0 Å². The van der Waals surface area contributed by atoms with Gasteiger partial charge in [0.25, 0.3) is 5.91 Å². The number of ether oxygens (including phenoxy) is 1. The van der Waals surface area contributed by atoms with Gasteiger partial charge < -0.3 is 14.5 Å². The van der Waals surface area contributed by atoms with Crippen LogP contribution in [0.1, 0.15) is 29.9 Å². The molecule has 6 nitrogen and oxygen atoms in total. The molecule has 0 N–H and O–H groups in total. The average molecular weight is 356 g/mol. The third kappa shape index (κ3) is 4.07. The van der Waals surface area contributed by atoms with Gasteiger partial charge in [0.1, 0.15) is 5.75 Å². The normalized spacial score (nSPS) is 17.1. The lowest BCUT2D eigenvalue weighted by molar-refractivity contribution is 0.0706. The molecule has 0 saturated carbocycles. The van der Waals surface area contributed by atoms with Gasteiger partial charge in [-0.2, -0.15) is 5.10 Å². The number of nitrogens with zero attached hydrogens (tertiary/aromatic N) is 4. The quantitative estimate of drug-likeness (QED) is 0.798. The number of fused-ring (bicyclic) bond motifs is 1. The highest BCUT2D eigenvalue weighted by molar-refractivity contribution is 5.94. The Bertz CT molecular complexity index is 722. The molecule has 0 aliphatic carbocycles. The first-order valence-electron chi connectivity index (χ1n) is 9.31. The minimum atomic E-state index is 0.0619. The van der Waals surface area contributed by atoms with E-state index >= 15 is 0 Å². The molecule has 2 heterocycles. The summed E-state index contributed by atoms with van der Waals surface area (Å²) in [4.78, 5) is 17.5. The molecule has 1 aliphatic heterocycles. The summed E-state index contributed by atoms with van der Waals surface area (Å²) in [5, 5.41) is 4.46. The monoisotopic (exact) mass is 356 g/mol. The van der Waals surface area contributed by atoms with Gasteiger partial charge in [0.05, 0.1) is 19.3 Å². The standard InChI is InChI=1S/C20H28N4O2/c1-4-22(5-2)12-16-13-23(15-18-10-11-21-24(18)14-16)20(25)17-6-8-19(26-3)9-7-17/h6-11,16H,4-5,12-15H2,1-3H3. The first-order chi connectivity index (χ1) is 12.6. The van der Waals surface area contributed by atoms with Gasteiger partial charge in [-0.05, 0) is 43.4 Å². The fourth-order valence-corrected chi connectivity index (χ4v) is 3.57. The zero-order chi connectivity index (χ0) is 18.5. The summed E-state index contributed by atoms with van der Waals surface area (Å²) in [7, 11) is 1.63. The van der Waals surface area contributed by atoms with Crippen LogP contribution in [0.15, 0.2) is 36.5 Å². The zero-order valence-electron chi connectivity index (χ0n) is 15.9. The molecule has 1 aromatic heterocycles. The van der Waals surface area contributed by atoms with Crippen LogP contribution in [0.4, 0.5) is 0 Å². The van der Waals surface area contributed by atoms with E-state index in [9.17, 15) is 4.79 Å². The van der Waals surface area contributed by atoms with E-state index in [-0.39, 0.29) is 5.91 Å². The molecular formula is C20H28N4O2. The van der Waals surface area contributed by atoms with Gasteiger partial charge in [0.2, 0.25) is 0 Å². The lowest BCUT2D eigenvalue weighted by atomic mass is 10.1. The van der Waals surface area contributed by atoms with Crippen LogP contribution in [-0.2, 0) is 13.1 Å². The van der Waals surface area contributed by atoms with Crippen molar-refractivity contribution in [3.8, 4) is 5.75 Å². The van der Waals surface area contributed by atoms with Crippen molar-refractivity contribution < 1.29 is 9.53 Å². The molecule has 2 aromatic rings. The smallest absolute Gasteiger partial charge is 0.254 e. The summed E-state index contributed by atoms with van der Waals surface area (Å²) in [6.07, 6.45) is 1.82. The molecule has 6 heteroatoms. The van der Waals surface area contributed by atoms with Crippen molar-refractivity contribution in [2.75, 3.05) is 33.3 Å². The number of hydrogen-bond donors (Lipinski definition) is 0. The molecule has 0 saturated heterocycles. The molecule has 1 aromatic carbocycles. The minimum Gasteiger partial charge on any atom is -0.497 e. The van der Waals surface area contributed by atoms with E-state index in [1.54, 1.807) is 7.11 Å². The molecular weight excluding hydrogens is 328 g/mol. The van der Waals surface area contributed by atoms with Crippen molar-refractivity contribution in [2.24, 2.45) is 5.92 Å². The maximum Gasteiger partial charge on any atom is 0.254 e. The molecule has 0 bridgehead atoms. The van der Waals surface area contributed by atoms with Crippen LogP contribution < -0.4 is 4.74 Å². The molecule has 3 rings (SSSR count). The maximum atomic E-state index is 13.1. The fraction of sp³-hybridized carbons (Fsp3) is 0.500. The Morgan fingerprint density at radius 3 is 2.58 bits per heavy atom. The van der Waals surface area contributed by atoms with E-state index in [1.807, 2.05) is 41.4 Å². The van der Waals surface area contributed by atoms with Gasteiger partial charge in [-0.1, -0.05) is 13.8 Å². The Balaban J connectivity index is 1.81. The van der Waals surface area contributed by atoms with Gasteiger partial charge in [0.15, 0.2) is 0 Å². The number of rotatable bonds is 6. The molecule has 1 aliphatic rings. The Morgan fingerprint density at radius 1 is 1.19 bits per heavy atom. The summed E-state index contributed by atoms with van der Waals surface area (Å²) in [5.41, 5.74) is 1.79. The Kier molecular flexibility index (Phi) is 5.93. The van der Waals surface area contributed by atoms with Crippen LogP contribution in [0.5, 0.6) is 5.75 Å². The molecule has 26 heavy (non-hydrogen) atoms. The summed E-state index contributed by atoms with van der Waals surface area (Å²) >= 11 is 0. The Morgan fingerprint density at radius 2 is 1.92 bits per heavy atom. The number of carbonyl (C=O) groups is 1. The number of carbonyl (C=O) groups excluding carboxylic acids is 1. The van der Waals surface area contributed by atoms with E-state index in [4.69, 9.17) is 4.74 Å². The number of hydrogen-bond acceptors (Lipinski definition) is 4. The summed E-state index contributed by atoms with van der Waals surface area (Å²) in [5.74, 6) is 1.18. The SMILES string of the molecule is CCN(CC)CC1CN(C(=O)c2ccc(OC)cc2)Cc2ccnn2C1. The molecule has 0 fully saturated rings. The molecule has 1 unspecified atom stereocenters. The first kappa shape index (κ1) is 18.5. The third-order valence-electron chi connectivity index (χ3n) is 5.10. The predicted octanol–water partition coefficient (Wildman–Crippen LogP) is 2.51. The predicted molar refractivity (Wildman–Crippen MR) is 101 cm³/mol. The molecule has 140 valence electrons. The molecule has 1 amide bonds. The summed E-state index contributed by atoms with van der Waals surface area (Å²) in [6, 6.07) is 9.35. The second-order valence-electron chi connectivity index (χ2n) is 6.77. The number of amides is 1. The minimum absolute atomic E-state index is 0.0619. The van der Waals surface area contributed by atoms with Gasteiger partial charge in [-0.3, -0.25) is 9.48 Å². The molecule has 1 atom stereocenters. The maximum absolute atomic E-state index is 13.1. The Labute approximate surface area is 155 Å². The van der Waals surface area contributed by atoms with Crippen molar-refractivity contribution in [3.05, 3.63) is 47.8 Å². The van der Waals surface area contributed by atoms with Crippen molar-refractivity contribution in [1.82, 2.24) is 19.6 Å². The first-order valence-corrected chi connectivity index (χ1v) is 9.31. The number of methoxy groups -OCH3 is 1. The van der Waals surface area contributed by atoms with E-state index in [0.29, 0.717) is 18.0 Å².